The van der Waals surface area contributed by atoms with Crippen molar-refractivity contribution in [2.75, 3.05) is 7.11 Å². The third-order valence-electron chi connectivity index (χ3n) is 1.92. The van der Waals surface area contributed by atoms with Crippen molar-refractivity contribution < 1.29 is 23.1 Å². The summed E-state index contributed by atoms with van der Waals surface area (Å²) in [5.74, 6) is 0.259. The van der Waals surface area contributed by atoms with Gasteiger partial charge in [0.15, 0.2) is 0 Å². The van der Waals surface area contributed by atoms with Gasteiger partial charge in [-0.25, -0.2) is 5.48 Å². The molecule has 0 aliphatic rings. The molecule has 7 heteroatoms. The molecule has 0 bridgehead atoms. The van der Waals surface area contributed by atoms with Crippen LogP contribution in [-0.2, 0) is 12.7 Å². The van der Waals surface area contributed by atoms with E-state index in [9.17, 15) is 13.2 Å². The van der Waals surface area contributed by atoms with Crippen LogP contribution in [0.25, 0.3) is 0 Å². The highest BCUT2D eigenvalue weighted by molar-refractivity contribution is 9.10. The summed E-state index contributed by atoms with van der Waals surface area (Å²) >= 11 is 2.99. The van der Waals surface area contributed by atoms with Crippen molar-refractivity contribution in [1.82, 2.24) is 5.48 Å². The van der Waals surface area contributed by atoms with Crippen molar-refractivity contribution in [2.24, 2.45) is 0 Å². The molecule has 0 radical (unpaired) electrons. The molecular weight excluding hydrogens is 291 g/mol. The van der Waals surface area contributed by atoms with Crippen molar-refractivity contribution in [3.05, 3.63) is 27.7 Å². The molecule has 1 aromatic rings. The number of halogens is 4. The number of hydroxylamine groups is 1. The second-order valence-electron chi connectivity index (χ2n) is 2.98. The molecule has 1 rings (SSSR count). The predicted octanol–water partition coefficient (Wildman–Crippen LogP) is 2.96. The molecule has 1 aromatic carbocycles. The number of hydrogen-bond donors (Lipinski definition) is 2. The minimum absolute atomic E-state index is 0.133. The van der Waals surface area contributed by atoms with E-state index < -0.39 is 11.7 Å². The van der Waals surface area contributed by atoms with Gasteiger partial charge in [0, 0.05) is 12.1 Å². The summed E-state index contributed by atoms with van der Waals surface area (Å²) in [6.45, 7) is -0.133. The smallest absolute Gasteiger partial charge is 0.416 e. The zero-order valence-corrected chi connectivity index (χ0v) is 9.82. The first-order valence-electron chi connectivity index (χ1n) is 4.20. The largest absolute Gasteiger partial charge is 0.495 e. The van der Waals surface area contributed by atoms with E-state index in [4.69, 9.17) is 9.94 Å². The highest BCUT2D eigenvalue weighted by Crippen LogP contribution is 2.37. The Morgan fingerprint density at radius 2 is 2.06 bits per heavy atom. The van der Waals surface area contributed by atoms with Gasteiger partial charge in [-0.1, -0.05) is 0 Å². The van der Waals surface area contributed by atoms with Crippen LogP contribution in [0, 0.1) is 0 Å². The van der Waals surface area contributed by atoms with Gasteiger partial charge < -0.3 is 9.94 Å². The Bertz CT molecular complexity index is 382. The first-order valence-corrected chi connectivity index (χ1v) is 5.00. The normalized spacial score (nSPS) is 11.6. The summed E-state index contributed by atoms with van der Waals surface area (Å²) in [5, 5.41) is 8.52. The van der Waals surface area contributed by atoms with E-state index in [0.717, 1.165) is 12.1 Å². The van der Waals surface area contributed by atoms with Crippen LogP contribution in [0.5, 0.6) is 5.75 Å². The Balaban J connectivity index is 3.28. The topological polar surface area (TPSA) is 41.5 Å². The summed E-state index contributed by atoms with van der Waals surface area (Å²) in [7, 11) is 1.34. The monoisotopic (exact) mass is 299 g/mol. The Kier molecular flexibility index (Phi) is 4.17. The molecule has 0 aliphatic heterocycles. The van der Waals surface area contributed by atoms with Crippen molar-refractivity contribution in [2.45, 2.75) is 12.7 Å². The van der Waals surface area contributed by atoms with Gasteiger partial charge in [-0.15, -0.1) is 0 Å². The van der Waals surface area contributed by atoms with E-state index in [0.29, 0.717) is 0 Å². The average molecular weight is 300 g/mol. The zero-order valence-electron chi connectivity index (χ0n) is 8.23. The van der Waals surface area contributed by atoms with Gasteiger partial charge in [0.25, 0.3) is 0 Å². The number of alkyl halides is 3. The number of rotatable bonds is 3. The SMILES string of the molecule is COc1c(Br)cc(C(F)(F)F)cc1CNO. The maximum absolute atomic E-state index is 12.5. The highest BCUT2D eigenvalue weighted by Gasteiger charge is 2.32. The minimum atomic E-state index is -4.43. The maximum atomic E-state index is 12.5. The third kappa shape index (κ3) is 2.87. The van der Waals surface area contributed by atoms with Gasteiger partial charge in [0.1, 0.15) is 5.75 Å². The quantitative estimate of drug-likeness (QED) is 0.843. The molecule has 2 N–H and O–H groups in total. The Labute approximate surface area is 98.3 Å². The minimum Gasteiger partial charge on any atom is -0.495 e. The number of ether oxygens (including phenoxy) is 1. The fraction of sp³-hybridized carbons (Fsp3) is 0.333. The van der Waals surface area contributed by atoms with Crippen LogP contribution in [0.2, 0.25) is 0 Å². The summed E-state index contributed by atoms with van der Waals surface area (Å²) in [5.41, 5.74) is 1.21. The first-order chi connectivity index (χ1) is 7.40. The van der Waals surface area contributed by atoms with Crippen LogP contribution >= 0.6 is 15.9 Å². The molecule has 0 aromatic heterocycles. The molecule has 0 unspecified atom stereocenters. The van der Waals surface area contributed by atoms with E-state index in [1.807, 2.05) is 0 Å². The Morgan fingerprint density at radius 3 is 2.50 bits per heavy atom. The van der Waals surface area contributed by atoms with Gasteiger partial charge in [-0.2, -0.15) is 13.2 Å². The Hall–Kier alpha value is -0.790. The average Bonchev–Trinajstić information content (AvgIpc) is 2.16. The molecule has 0 amide bonds. The molecule has 90 valence electrons. The van der Waals surface area contributed by atoms with Crippen molar-refractivity contribution in [3.8, 4) is 5.75 Å². The molecule has 0 aliphatic carbocycles. The third-order valence-corrected chi connectivity index (χ3v) is 2.51. The fourth-order valence-electron chi connectivity index (χ4n) is 1.26. The van der Waals surface area contributed by atoms with Crippen LogP contribution in [0.15, 0.2) is 16.6 Å². The number of benzene rings is 1. The van der Waals surface area contributed by atoms with Crippen LogP contribution in [0.1, 0.15) is 11.1 Å². The number of methoxy groups -OCH3 is 1. The second kappa shape index (κ2) is 5.03. The molecule has 0 spiro atoms. The summed E-state index contributed by atoms with van der Waals surface area (Å²) in [4.78, 5) is 0. The van der Waals surface area contributed by atoms with Crippen molar-refractivity contribution in [1.29, 1.82) is 0 Å². The van der Waals surface area contributed by atoms with Crippen LogP contribution < -0.4 is 10.2 Å². The molecule has 0 saturated carbocycles. The predicted molar refractivity (Wildman–Crippen MR) is 54.3 cm³/mol. The number of nitrogens with one attached hydrogen (secondary N) is 1. The lowest BCUT2D eigenvalue weighted by atomic mass is 10.1. The molecule has 0 atom stereocenters. The molecule has 0 saturated heterocycles. The molecule has 16 heavy (non-hydrogen) atoms. The van der Waals surface area contributed by atoms with Gasteiger partial charge in [-0.3, -0.25) is 0 Å². The number of hydrogen-bond acceptors (Lipinski definition) is 3. The van der Waals surface area contributed by atoms with Crippen LogP contribution in [0.3, 0.4) is 0 Å². The van der Waals surface area contributed by atoms with Crippen molar-refractivity contribution >= 4 is 15.9 Å². The van der Waals surface area contributed by atoms with Gasteiger partial charge in [0.2, 0.25) is 0 Å². The van der Waals surface area contributed by atoms with E-state index in [-0.39, 0.29) is 22.3 Å². The first kappa shape index (κ1) is 13.3. The Morgan fingerprint density at radius 1 is 1.44 bits per heavy atom. The maximum Gasteiger partial charge on any atom is 0.416 e. The standard InChI is InChI=1S/C9H9BrF3NO2/c1-16-8-5(4-14-15)2-6(3-7(8)10)9(11,12)13/h2-3,14-15H,4H2,1H3. The summed E-state index contributed by atoms with van der Waals surface area (Å²) < 4.78 is 42.6. The van der Waals surface area contributed by atoms with E-state index in [2.05, 4.69) is 15.9 Å². The lowest BCUT2D eigenvalue weighted by Crippen LogP contribution is -2.11. The van der Waals surface area contributed by atoms with Crippen LogP contribution in [-0.4, -0.2) is 12.3 Å². The van der Waals surface area contributed by atoms with E-state index in [1.54, 1.807) is 5.48 Å². The van der Waals surface area contributed by atoms with Gasteiger partial charge in [0.05, 0.1) is 17.1 Å². The van der Waals surface area contributed by atoms with Crippen molar-refractivity contribution in [3.63, 3.8) is 0 Å². The second-order valence-corrected chi connectivity index (χ2v) is 3.84. The summed E-state index contributed by atoms with van der Waals surface area (Å²) in [6, 6.07) is 1.85. The van der Waals surface area contributed by atoms with Gasteiger partial charge >= 0.3 is 6.18 Å². The highest BCUT2D eigenvalue weighted by atomic mass is 79.9. The summed E-state index contributed by atoms with van der Waals surface area (Å²) in [6.07, 6.45) is -4.43. The molecule has 0 fully saturated rings. The lowest BCUT2D eigenvalue weighted by Gasteiger charge is -2.14. The lowest BCUT2D eigenvalue weighted by molar-refractivity contribution is -0.137. The van der Waals surface area contributed by atoms with Crippen LogP contribution in [0.4, 0.5) is 13.2 Å². The van der Waals surface area contributed by atoms with E-state index >= 15 is 0 Å². The molecule has 3 nitrogen and oxygen atoms in total. The zero-order chi connectivity index (χ0) is 12.3. The fourth-order valence-corrected chi connectivity index (χ4v) is 1.92. The van der Waals surface area contributed by atoms with Gasteiger partial charge in [-0.05, 0) is 28.1 Å². The van der Waals surface area contributed by atoms with E-state index in [1.165, 1.54) is 7.11 Å². The molecular formula is C9H9BrF3NO2. The molecule has 0 heterocycles.